The maximum atomic E-state index is 6.13. The molecule has 7 aromatic rings. The Morgan fingerprint density at radius 3 is 2.12 bits per heavy atom. The molecular weight excluding hydrogens is 390 g/mol. The molecular formula is C30H19NO. The lowest BCUT2D eigenvalue weighted by molar-refractivity contribution is 0.669. The second-order valence-electron chi connectivity index (χ2n) is 8.20. The van der Waals surface area contributed by atoms with E-state index in [0.29, 0.717) is 0 Å². The first-order chi connectivity index (χ1) is 15.9. The monoisotopic (exact) mass is 409 g/mol. The molecule has 0 radical (unpaired) electrons. The van der Waals surface area contributed by atoms with Crippen molar-refractivity contribution in [2.75, 3.05) is 0 Å². The van der Waals surface area contributed by atoms with Crippen LogP contribution < -0.4 is 0 Å². The molecule has 2 heteroatoms. The van der Waals surface area contributed by atoms with Gasteiger partial charge in [-0.1, -0.05) is 72.8 Å². The van der Waals surface area contributed by atoms with Gasteiger partial charge in [-0.25, -0.2) is 0 Å². The minimum Gasteiger partial charge on any atom is -0.456 e. The molecule has 0 saturated heterocycles. The fourth-order valence-corrected chi connectivity index (χ4v) is 5.01. The van der Waals surface area contributed by atoms with Crippen molar-refractivity contribution >= 4 is 43.7 Å². The van der Waals surface area contributed by atoms with Gasteiger partial charge in [0.15, 0.2) is 0 Å². The number of benzene rings is 5. The van der Waals surface area contributed by atoms with Gasteiger partial charge in [-0.15, -0.1) is 0 Å². The molecule has 2 aromatic heterocycles. The number of aromatic nitrogens is 1. The Morgan fingerprint density at radius 1 is 0.500 bits per heavy atom. The van der Waals surface area contributed by atoms with E-state index in [1.165, 1.54) is 44.0 Å². The van der Waals surface area contributed by atoms with Crippen molar-refractivity contribution in [2.24, 2.45) is 0 Å². The molecule has 150 valence electrons. The number of para-hydroxylation sites is 3. The predicted octanol–water partition coefficient (Wildman–Crippen LogP) is 8.35. The van der Waals surface area contributed by atoms with Crippen LogP contribution in [0.1, 0.15) is 0 Å². The quantitative estimate of drug-likeness (QED) is 0.280. The van der Waals surface area contributed by atoms with E-state index in [0.717, 1.165) is 16.6 Å². The van der Waals surface area contributed by atoms with Crippen LogP contribution in [0.2, 0.25) is 0 Å². The lowest BCUT2D eigenvalue weighted by Gasteiger charge is -2.08. The fourth-order valence-electron chi connectivity index (χ4n) is 5.01. The van der Waals surface area contributed by atoms with Crippen LogP contribution in [0, 0.1) is 0 Å². The summed E-state index contributed by atoms with van der Waals surface area (Å²) < 4.78 is 8.48. The molecule has 0 amide bonds. The largest absolute Gasteiger partial charge is 0.456 e. The maximum absolute atomic E-state index is 6.13. The van der Waals surface area contributed by atoms with Gasteiger partial charge in [0.1, 0.15) is 11.2 Å². The Labute approximate surface area is 184 Å². The third-order valence-electron chi connectivity index (χ3n) is 6.40. The van der Waals surface area contributed by atoms with Crippen molar-refractivity contribution in [2.45, 2.75) is 0 Å². The van der Waals surface area contributed by atoms with E-state index >= 15 is 0 Å². The third-order valence-corrected chi connectivity index (χ3v) is 6.40. The molecule has 0 aliphatic heterocycles. The van der Waals surface area contributed by atoms with Gasteiger partial charge in [-0.05, 0) is 53.6 Å². The smallest absolute Gasteiger partial charge is 0.136 e. The molecule has 0 aliphatic rings. The van der Waals surface area contributed by atoms with Gasteiger partial charge >= 0.3 is 0 Å². The summed E-state index contributed by atoms with van der Waals surface area (Å²) >= 11 is 0. The molecule has 5 aromatic carbocycles. The summed E-state index contributed by atoms with van der Waals surface area (Å²) in [7, 11) is 0. The zero-order valence-corrected chi connectivity index (χ0v) is 17.3. The van der Waals surface area contributed by atoms with Crippen LogP contribution in [-0.2, 0) is 0 Å². The topological polar surface area (TPSA) is 18.1 Å². The molecule has 0 atom stereocenters. The van der Waals surface area contributed by atoms with E-state index in [2.05, 4.69) is 108 Å². The highest BCUT2D eigenvalue weighted by Crippen LogP contribution is 2.39. The van der Waals surface area contributed by atoms with Crippen molar-refractivity contribution in [3.8, 4) is 16.8 Å². The summed E-state index contributed by atoms with van der Waals surface area (Å²) in [6.45, 7) is 0. The second kappa shape index (κ2) is 6.60. The fraction of sp³-hybridized carbons (Fsp3) is 0. The highest BCUT2D eigenvalue weighted by molar-refractivity contribution is 6.15. The predicted molar refractivity (Wildman–Crippen MR) is 133 cm³/mol. The van der Waals surface area contributed by atoms with Crippen LogP contribution in [0.4, 0.5) is 0 Å². The number of hydrogen-bond donors (Lipinski definition) is 0. The molecule has 0 bridgehead atoms. The molecule has 0 spiro atoms. The minimum atomic E-state index is 0.926. The first-order valence-electron chi connectivity index (χ1n) is 10.9. The lowest BCUT2D eigenvalue weighted by atomic mass is 9.98. The average molecular weight is 409 g/mol. The van der Waals surface area contributed by atoms with Crippen molar-refractivity contribution in [3.05, 3.63) is 115 Å². The van der Waals surface area contributed by atoms with Crippen molar-refractivity contribution in [1.29, 1.82) is 0 Å². The summed E-state index contributed by atoms with van der Waals surface area (Å²) in [5, 5.41) is 4.85. The van der Waals surface area contributed by atoms with E-state index in [9.17, 15) is 0 Å². The Hall–Kier alpha value is -4.30. The SMILES string of the molecule is c1ccc(-n2c3ccccc3c3cc(-c4cccc5oc6ccccc6c45)ccc32)cc1. The first kappa shape index (κ1) is 17.4. The van der Waals surface area contributed by atoms with E-state index in [-0.39, 0.29) is 0 Å². The van der Waals surface area contributed by atoms with Gasteiger partial charge in [0, 0.05) is 27.2 Å². The molecule has 0 fully saturated rings. The van der Waals surface area contributed by atoms with Crippen molar-refractivity contribution in [1.82, 2.24) is 4.57 Å². The van der Waals surface area contributed by atoms with Crippen LogP contribution in [0.25, 0.3) is 60.6 Å². The Kier molecular flexibility index (Phi) is 3.58. The number of rotatable bonds is 2. The molecule has 0 saturated carbocycles. The van der Waals surface area contributed by atoms with Crippen LogP contribution in [-0.4, -0.2) is 4.57 Å². The molecule has 0 unspecified atom stereocenters. The Balaban J connectivity index is 1.56. The van der Waals surface area contributed by atoms with Crippen molar-refractivity contribution < 1.29 is 4.42 Å². The molecule has 0 N–H and O–H groups in total. The molecule has 32 heavy (non-hydrogen) atoms. The van der Waals surface area contributed by atoms with Gasteiger partial charge in [-0.2, -0.15) is 0 Å². The first-order valence-corrected chi connectivity index (χ1v) is 10.9. The zero-order chi connectivity index (χ0) is 21.1. The average Bonchev–Trinajstić information content (AvgIpc) is 3.40. The third kappa shape index (κ3) is 2.41. The summed E-state index contributed by atoms with van der Waals surface area (Å²) in [5.74, 6) is 0. The molecule has 0 aliphatic carbocycles. The van der Waals surface area contributed by atoms with Gasteiger partial charge < -0.3 is 8.98 Å². The van der Waals surface area contributed by atoms with Crippen LogP contribution in [0.3, 0.4) is 0 Å². The summed E-state index contributed by atoms with van der Waals surface area (Å²) in [4.78, 5) is 0. The number of fused-ring (bicyclic) bond motifs is 6. The van der Waals surface area contributed by atoms with Crippen molar-refractivity contribution in [3.63, 3.8) is 0 Å². The van der Waals surface area contributed by atoms with Gasteiger partial charge in [-0.3, -0.25) is 0 Å². The van der Waals surface area contributed by atoms with E-state index < -0.39 is 0 Å². The molecule has 2 nitrogen and oxygen atoms in total. The standard InChI is InChI=1S/C30H19NO/c1-2-9-21(10-3-1)31-26-14-6-4-11-23(26)25-19-20(17-18-27(25)31)22-13-8-16-29-30(22)24-12-5-7-15-28(24)32-29/h1-19H. The number of hydrogen-bond acceptors (Lipinski definition) is 1. The normalized spacial score (nSPS) is 11.8. The van der Waals surface area contributed by atoms with E-state index in [1.807, 2.05) is 12.1 Å². The summed E-state index contributed by atoms with van der Waals surface area (Å²) in [6.07, 6.45) is 0. The lowest BCUT2D eigenvalue weighted by Crippen LogP contribution is -1.92. The summed E-state index contributed by atoms with van der Waals surface area (Å²) in [5.41, 5.74) is 7.86. The zero-order valence-electron chi connectivity index (χ0n) is 17.3. The molecule has 7 rings (SSSR count). The highest BCUT2D eigenvalue weighted by Gasteiger charge is 2.15. The molecule has 2 heterocycles. The van der Waals surface area contributed by atoms with Gasteiger partial charge in [0.2, 0.25) is 0 Å². The highest BCUT2D eigenvalue weighted by atomic mass is 16.3. The minimum absolute atomic E-state index is 0.926. The number of furan rings is 1. The number of nitrogens with zero attached hydrogens (tertiary/aromatic N) is 1. The maximum Gasteiger partial charge on any atom is 0.136 e. The van der Waals surface area contributed by atoms with Crippen LogP contribution >= 0.6 is 0 Å². The van der Waals surface area contributed by atoms with Gasteiger partial charge in [0.25, 0.3) is 0 Å². The van der Waals surface area contributed by atoms with Crippen LogP contribution in [0.15, 0.2) is 120 Å². The summed E-state index contributed by atoms with van der Waals surface area (Å²) in [6, 6.07) is 40.6. The Bertz CT molecular complexity index is 1770. The van der Waals surface area contributed by atoms with E-state index in [1.54, 1.807) is 0 Å². The van der Waals surface area contributed by atoms with Gasteiger partial charge in [0.05, 0.1) is 11.0 Å². The van der Waals surface area contributed by atoms with E-state index in [4.69, 9.17) is 4.42 Å². The van der Waals surface area contributed by atoms with Crippen LogP contribution in [0.5, 0.6) is 0 Å². The Morgan fingerprint density at radius 2 is 1.22 bits per heavy atom. The second-order valence-corrected chi connectivity index (χ2v) is 8.20.